The number of nitrogens with zero attached hydrogens (tertiary/aromatic N) is 1. The van der Waals surface area contributed by atoms with E-state index in [0.29, 0.717) is 5.56 Å². The normalized spacial score (nSPS) is 11.0. The van der Waals surface area contributed by atoms with E-state index in [-0.39, 0.29) is 5.82 Å². The monoisotopic (exact) mass is 325 g/mol. The Hall–Kier alpha value is -2.62. The number of hydrogen-bond acceptors (Lipinski definition) is 3. The second-order valence-corrected chi connectivity index (χ2v) is 5.72. The summed E-state index contributed by atoms with van der Waals surface area (Å²) in [6.07, 6.45) is 5.49. The van der Waals surface area contributed by atoms with Crippen molar-refractivity contribution in [2.75, 3.05) is 11.9 Å². The first-order valence-corrected chi connectivity index (χ1v) is 8.15. The largest absolute Gasteiger partial charge is 0.385 e. The average Bonchev–Trinajstić information content (AvgIpc) is 2.55. The summed E-state index contributed by atoms with van der Waals surface area (Å²) in [4.78, 5) is 0. The van der Waals surface area contributed by atoms with Gasteiger partial charge in [-0.3, -0.25) is 0 Å². The smallest absolute Gasteiger partial charge is 0.131 e. The van der Waals surface area contributed by atoms with Crippen LogP contribution >= 0.6 is 0 Å². The predicted molar refractivity (Wildman–Crippen MR) is 102 cm³/mol. The molecule has 2 aromatic rings. The molecule has 2 rings (SSSR count). The molecule has 4 heteroatoms. The maximum Gasteiger partial charge on any atom is 0.131 e. The van der Waals surface area contributed by atoms with E-state index in [0.717, 1.165) is 47.3 Å². The number of anilines is 1. The van der Waals surface area contributed by atoms with Gasteiger partial charge >= 0.3 is 0 Å². The SMILES string of the molecule is C=Cc1c(/C=N\N)cc(-c2c(C)cccc2F)cc1NCCCC. The Labute approximate surface area is 143 Å². The van der Waals surface area contributed by atoms with E-state index in [1.807, 2.05) is 25.1 Å². The third-order valence-corrected chi connectivity index (χ3v) is 3.99. The number of nitrogens with one attached hydrogen (secondary N) is 1. The van der Waals surface area contributed by atoms with E-state index >= 15 is 0 Å². The van der Waals surface area contributed by atoms with Gasteiger partial charge < -0.3 is 11.2 Å². The molecule has 24 heavy (non-hydrogen) atoms. The fraction of sp³-hybridized carbons (Fsp3) is 0.250. The highest BCUT2D eigenvalue weighted by atomic mass is 19.1. The Morgan fingerprint density at radius 1 is 1.33 bits per heavy atom. The first-order valence-electron chi connectivity index (χ1n) is 8.15. The molecule has 0 radical (unpaired) electrons. The zero-order valence-corrected chi connectivity index (χ0v) is 14.3. The molecule has 0 unspecified atom stereocenters. The highest BCUT2D eigenvalue weighted by Crippen LogP contribution is 2.32. The Kier molecular flexibility index (Phi) is 6.13. The number of benzene rings is 2. The van der Waals surface area contributed by atoms with Crippen molar-refractivity contribution in [3.05, 3.63) is 59.4 Å². The zero-order valence-electron chi connectivity index (χ0n) is 14.3. The summed E-state index contributed by atoms with van der Waals surface area (Å²) in [7, 11) is 0. The third kappa shape index (κ3) is 3.82. The van der Waals surface area contributed by atoms with E-state index in [2.05, 4.69) is 23.9 Å². The minimum atomic E-state index is -0.239. The molecule has 0 saturated carbocycles. The highest BCUT2D eigenvalue weighted by Gasteiger charge is 2.13. The summed E-state index contributed by atoms with van der Waals surface area (Å²) in [5.74, 6) is 5.11. The van der Waals surface area contributed by atoms with Crippen LogP contribution in [0.15, 0.2) is 42.0 Å². The molecule has 0 aliphatic heterocycles. The Bertz CT molecular complexity index is 731. The van der Waals surface area contributed by atoms with Crippen LogP contribution in [0.4, 0.5) is 10.1 Å². The van der Waals surface area contributed by atoms with Crippen LogP contribution in [0.5, 0.6) is 0 Å². The molecule has 0 aromatic heterocycles. The van der Waals surface area contributed by atoms with E-state index in [4.69, 9.17) is 5.84 Å². The van der Waals surface area contributed by atoms with E-state index in [9.17, 15) is 4.39 Å². The van der Waals surface area contributed by atoms with E-state index in [1.165, 1.54) is 6.07 Å². The van der Waals surface area contributed by atoms with Gasteiger partial charge in [0.2, 0.25) is 0 Å². The third-order valence-electron chi connectivity index (χ3n) is 3.99. The van der Waals surface area contributed by atoms with Gasteiger partial charge in [-0.15, -0.1) is 0 Å². The van der Waals surface area contributed by atoms with E-state index in [1.54, 1.807) is 18.4 Å². The van der Waals surface area contributed by atoms with Crippen LogP contribution in [0, 0.1) is 12.7 Å². The maximum atomic E-state index is 14.4. The number of aryl methyl sites for hydroxylation is 1. The molecule has 0 fully saturated rings. The van der Waals surface area contributed by atoms with Crippen LogP contribution < -0.4 is 11.2 Å². The van der Waals surface area contributed by atoms with Gasteiger partial charge in [0.25, 0.3) is 0 Å². The molecule has 0 heterocycles. The number of nitrogens with two attached hydrogens (primary N) is 1. The van der Waals surface area contributed by atoms with Gasteiger partial charge in [-0.25, -0.2) is 4.39 Å². The topological polar surface area (TPSA) is 50.4 Å². The van der Waals surface area contributed by atoms with Gasteiger partial charge in [-0.05, 0) is 42.7 Å². The molecule has 0 saturated heterocycles. The van der Waals surface area contributed by atoms with Crippen molar-refractivity contribution in [1.29, 1.82) is 0 Å². The van der Waals surface area contributed by atoms with Crippen molar-refractivity contribution < 1.29 is 4.39 Å². The molecular weight excluding hydrogens is 301 g/mol. The Morgan fingerprint density at radius 3 is 2.75 bits per heavy atom. The summed E-state index contributed by atoms with van der Waals surface area (Å²) >= 11 is 0. The molecule has 0 aliphatic carbocycles. The summed E-state index contributed by atoms with van der Waals surface area (Å²) in [5, 5.41) is 7.05. The maximum absolute atomic E-state index is 14.4. The molecule has 2 aromatic carbocycles. The fourth-order valence-electron chi connectivity index (χ4n) is 2.78. The number of unbranched alkanes of at least 4 members (excludes halogenated alkanes) is 1. The van der Waals surface area contributed by atoms with Crippen molar-refractivity contribution in [2.24, 2.45) is 10.9 Å². The Morgan fingerprint density at radius 2 is 2.12 bits per heavy atom. The molecule has 0 aliphatic rings. The van der Waals surface area contributed by atoms with Crippen LogP contribution in [0.3, 0.4) is 0 Å². The van der Waals surface area contributed by atoms with Crippen LogP contribution in [0.2, 0.25) is 0 Å². The van der Waals surface area contributed by atoms with Gasteiger partial charge in [-0.2, -0.15) is 5.10 Å². The number of hydrazone groups is 1. The quantitative estimate of drug-likeness (QED) is 0.327. The molecule has 3 nitrogen and oxygen atoms in total. The lowest BCUT2D eigenvalue weighted by molar-refractivity contribution is 0.630. The van der Waals surface area contributed by atoms with Crippen LogP contribution in [-0.2, 0) is 0 Å². The standard InChI is InChI=1S/C20H24FN3/c1-4-6-10-23-19-12-15(11-16(13-24-22)17(19)5-2)20-14(3)8-7-9-18(20)21/h5,7-9,11-13,23H,2,4,6,10,22H2,1,3H3/b24-13-. The molecule has 0 spiro atoms. The lowest BCUT2D eigenvalue weighted by atomic mass is 9.94. The summed E-state index contributed by atoms with van der Waals surface area (Å²) in [5.41, 5.74) is 4.91. The second-order valence-electron chi connectivity index (χ2n) is 5.72. The minimum Gasteiger partial charge on any atom is -0.385 e. The van der Waals surface area contributed by atoms with Crippen LogP contribution in [0.25, 0.3) is 17.2 Å². The first-order chi connectivity index (χ1) is 11.6. The van der Waals surface area contributed by atoms with Crippen molar-refractivity contribution in [2.45, 2.75) is 26.7 Å². The molecular formula is C20H24FN3. The van der Waals surface area contributed by atoms with Crippen molar-refractivity contribution in [1.82, 2.24) is 0 Å². The average molecular weight is 325 g/mol. The van der Waals surface area contributed by atoms with Gasteiger partial charge in [0.05, 0.1) is 6.21 Å². The summed E-state index contributed by atoms with van der Waals surface area (Å²) in [6.45, 7) is 8.77. The van der Waals surface area contributed by atoms with Crippen LogP contribution in [0.1, 0.15) is 36.5 Å². The van der Waals surface area contributed by atoms with Gasteiger partial charge in [0.1, 0.15) is 5.82 Å². The number of rotatable bonds is 7. The number of hydrogen-bond donors (Lipinski definition) is 2. The predicted octanol–water partition coefficient (Wildman–Crippen LogP) is 4.95. The highest BCUT2D eigenvalue weighted by molar-refractivity contribution is 5.92. The molecule has 0 atom stereocenters. The summed E-state index contributed by atoms with van der Waals surface area (Å²) in [6, 6.07) is 8.95. The molecule has 0 bridgehead atoms. The number of halogens is 1. The van der Waals surface area contributed by atoms with Crippen molar-refractivity contribution >= 4 is 18.0 Å². The lowest BCUT2D eigenvalue weighted by Gasteiger charge is -2.16. The fourth-order valence-corrected chi connectivity index (χ4v) is 2.78. The first kappa shape index (κ1) is 17.7. The molecule has 0 amide bonds. The van der Waals surface area contributed by atoms with Crippen LogP contribution in [-0.4, -0.2) is 12.8 Å². The second kappa shape index (κ2) is 8.29. The molecule has 3 N–H and O–H groups in total. The van der Waals surface area contributed by atoms with E-state index < -0.39 is 0 Å². The molecule has 126 valence electrons. The zero-order chi connectivity index (χ0) is 17.5. The van der Waals surface area contributed by atoms with Gasteiger partial charge in [-0.1, -0.05) is 38.1 Å². The Balaban J connectivity index is 2.62. The van der Waals surface area contributed by atoms with Crippen molar-refractivity contribution in [3.8, 4) is 11.1 Å². The minimum absolute atomic E-state index is 0.239. The lowest BCUT2D eigenvalue weighted by Crippen LogP contribution is -2.05. The van der Waals surface area contributed by atoms with Crippen molar-refractivity contribution in [3.63, 3.8) is 0 Å². The van der Waals surface area contributed by atoms with Gasteiger partial charge in [0, 0.05) is 28.9 Å². The van der Waals surface area contributed by atoms with Gasteiger partial charge in [0.15, 0.2) is 0 Å². The summed E-state index contributed by atoms with van der Waals surface area (Å²) < 4.78 is 14.4.